The number of esters is 1. The lowest BCUT2D eigenvalue weighted by molar-refractivity contribution is -0.148. The number of methoxy groups -OCH3 is 1. The number of unbranched alkanes of at least 4 members (excludes halogenated alkanes) is 2. The van der Waals surface area contributed by atoms with Crippen molar-refractivity contribution in [1.29, 1.82) is 0 Å². The minimum atomic E-state index is -0.174. The Bertz CT molecular complexity index is 376. The van der Waals surface area contributed by atoms with Crippen LogP contribution in [0.4, 0.5) is 4.79 Å². The second kappa shape index (κ2) is 8.47. The van der Waals surface area contributed by atoms with E-state index in [-0.39, 0.29) is 23.8 Å². The van der Waals surface area contributed by atoms with Gasteiger partial charge in [-0.1, -0.05) is 6.92 Å². The molecule has 5 heteroatoms. The Balaban J connectivity index is 2.30. The highest BCUT2D eigenvalue weighted by Gasteiger charge is 2.33. The fourth-order valence-electron chi connectivity index (χ4n) is 2.49. The van der Waals surface area contributed by atoms with Gasteiger partial charge < -0.3 is 15.0 Å². The normalized spacial score (nSPS) is 21.9. The zero-order valence-electron chi connectivity index (χ0n) is 12.4. The summed E-state index contributed by atoms with van der Waals surface area (Å²) in [7, 11) is 1.41. The molecule has 112 valence electrons. The molecule has 1 saturated heterocycles. The number of urea groups is 1. The van der Waals surface area contributed by atoms with Crippen molar-refractivity contribution < 1.29 is 14.3 Å². The number of amides is 2. The van der Waals surface area contributed by atoms with Gasteiger partial charge >= 0.3 is 12.0 Å². The lowest BCUT2D eigenvalue weighted by Crippen LogP contribution is -2.49. The number of carbonyl (C=O) groups excluding carboxylic acids is 2. The maximum Gasteiger partial charge on any atom is 0.317 e. The van der Waals surface area contributed by atoms with Gasteiger partial charge in [0.15, 0.2) is 0 Å². The molecule has 0 aromatic heterocycles. The van der Waals surface area contributed by atoms with Crippen LogP contribution >= 0.6 is 0 Å². The molecule has 1 aliphatic rings. The quantitative estimate of drug-likeness (QED) is 0.473. The van der Waals surface area contributed by atoms with Crippen molar-refractivity contribution in [3.05, 3.63) is 0 Å². The number of nitrogens with one attached hydrogen (secondary N) is 1. The van der Waals surface area contributed by atoms with E-state index in [4.69, 9.17) is 11.2 Å². The first-order chi connectivity index (χ1) is 9.60. The average molecular weight is 280 g/mol. The predicted octanol–water partition coefficient (Wildman–Crippen LogP) is 1.63. The summed E-state index contributed by atoms with van der Waals surface area (Å²) in [6.45, 7) is 3.82. The minimum absolute atomic E-state index is 0.0547. The Kier molecular flexibility index (Phi) is 6.92. The van der Waals surface area contributed by atoms with Gasteiger partial charge in [0, 0.05) is 26.1 Å². The van der Waals surface area contributed by atoms with Crippen molar-refractivity contribution in [2.24, 2.45) is 11.8 Å². The smallest absolute Gasteiger partial charge is 0.317 e. The van der Waals surface area contributed by atoms with E-state index < -0.39 is 0 Å². The fraction of sp³-hybridized carbons (Fsp3) is 0.733. The summed E-state index contributed by atoms with van der Waals surface area (Å²) in [6, 6.07) is -0.0547. The van der Waals surface area contributed by atoms with Crippen LogP contribution in [-0.4, -0.2) is 43.6 Å². The molecule has 1 rings (SSSR count). The molecule has 1 heterocycles. The maximum absolute atomic E-state index is 12.0. The van der Waals surface area contributed by atoms with Gasteiger partial charge in [0.25, 0.3) is 0 Å². The van der Waals surface area contributed by atoms with E-state index in [1.54, 1.807) is 4.90 Å². The number of terminal acetylenes is 1. The zero-order valence-corrected chi connectivity index (χ0v) is 12.4. The second-order valence-electron chi connectivity index (χ2n) is 5.23. The first kappa shape index (κ1) is 16.4. The average Bonchev–Trinajstić information content (AvgIpc) is 2.46. The van der Waals surface area contributed by atoms with Crippen LogP contribution in [0.2, 0.25) is 0 Å². The number of carbonyl (C=O) groups is 2. The summed E-state index contributed by atoms with van der Waals surface area (Å²) >= 11 is 0. The molecule has 0 aromatic rings. The third-order valence-corrected chi connectivity index (χ3v) is 3.72. The number of hydrogen-bond acceptors (Lipinski definition) is 3. The molecule has 1 aliphatic heterocycles. The van der Waals surface area contributed by atoms with Crippen LogP contribution < -0.4 is 5.32 Å². The molecule has 5 nitrogen and oxygen atoms in total. The van der Waals surface area contributed by atoms with Crippen LogP contribution in [0.15, 0.2) is 0 Å². The van der Waals surface area contributed by atoms with Gasteiger partial charge in [-0.05, 0) is 25.2 Å². The number of rotatable bonds is 5. The number of piperidine rings is 1. The molecule has 0 aliphatic carbocycles. The largest absolute Gasteiger partial charge is 0.469 e. The molecule has 0 bridgehead atoms. The van der Waals surface area contributed by atoms with E-state index in [2.05, 4.69) is 11.2 Å². The van der Waals surface area contributed by atoms with Crippen LogP contribution in [0.25, 0.3) is 0 Å². The van der Waals surface area contributed by atoms with Crippen molar-refractivity contribution in [2.45, 2.75) is 32.6 Å². The van der Waals surface area contributed by atoms with Gasteiger partial charge in [0.05, 0.1) is 13.0 Å². The summed E-state index contributed by atoms with van der Waals surface area (Å²) in [5, 5.41) is 2.89. The fourth-order valence-corrected chi connectivity index (χ4v) is 2.49. The summed E-state index contributed by atoms with van der Waals surface area (Å²) < 4.78 is 4.78. The minimum Gasteiger partial charge on any atom is -0.469 e. The maximum atomic E-state index is 12.0. The van der Waals surface area contributed by atoms with Gasteiger partial charge in [0.1, 0.15) is 0 Å². The Labute approximate surface area is 121 Å². The Hall–Kier alpha value is -1.70. The third-order valence-electron chi connectivity index (χ3n) is 3.72. The Morgan fingerprint density at radius 2 is 2.20 bits per heavy atom. The van der Waals surface area contributed by atoms with E-state index in [9.17, 15) is 9.59 Å². The summed E-state index contributed by atoms with van der Waals surface area (Å²) in [4.78, 5) is 25.3. The van der Waals surface area contributed by atoms with Crippen molar-refractivity contribution in [3.8, 4) is 12.3 Å². The predicted molar refractivity (Wildman–Crippen MR) is 76.9 cm³/mol. The highest BCUT2D eigenvalue weighted by molar-refractivity contribution is 5.76. The van der Waals surface area contributed by atoms with Crippen LogP contribution in [0, 0.1) is 24.2 Å². The van der Waals surface area contributed by atoms with Crippen molar-refractivity contribution in [3.63, 3.8) is 0 Å². The zero-order chi connectivity index (χ0) is 15.0. The van der Waals surface area contributed by atoms with Gasteiger partial charge in [-0.2, -0.15) is 0 Å². The van der Waals surface area contributed by atoms with Crippen LogP contribution in [0.3, 0.4) is 0 Å². The van der Waals surface area contributed by atoms with Gasteiger partial charge in [-0.25, -0.2) is 4.79 Å². The molecular formula is C15H24N2O3. The van der Waals surface area contributed by atoms with E-state index in [0.29, 0.717) is 26.1 Å². The number of nitrogens with zero attached hydrogens (tertiary/aromatic N) is 1. The summed E-state index contributed by atoms with van der Waals surface area (Å²) in [5.74, 6) is 2.44. The number of ether oxygens (including phenoxy) is 1. The first-order valence-electron chi connectivity index (χ1n) is 7.14. The highest BCUT2D eigenvalue weighted by Crippen LogP contribution is 2.24. The monoisotopic (exact) mass is 280 g/mol. The molecule has 1 fully saturated rings. The molecule has 0 aromatic carbocycles. The molecule has 0 radical (unpaired) electrons. The summed E-state index contributed by atoms with van der Waals surface area (Å²) in [6.07, 6.45) is 8.40. The first-order valence-corrected chi connectivity index (χ1v) is 7.14. The highest BCUT2D eigenvalue weighted by atomic mass is 16.5. The van der Waals surface area contributed by atoms with Crippen molar-refractivity contribution in [2.75, 3.05) is 26.7 Å². The topological polar surface area (TPSA) is 58.6 Å². The molecule has 2 atom stereocenters. The molecule has 1 N–H and O–H groups in total. The van der Waals surface area contributed by atoms with Crippen molar-refractivity contribution >= 4 is 12.0 Å². The molecule has 2 amide bonds. The standard InChI is InChI=1S/C15H24N2O3/c1-4-5-6-7-9-16-15(19)17-10-8-13(12(2)11-17)14(18)20-3/h1,12-13H,5-11H2,2-3H3,(H,16,19)/t12-,13+/m0/s1. The Morgan fingerprint density at radius 1 is 1.45 bits per heavy atom. The molecule has 0 spiro atoms. The van der Waals surface area contributed by atoms with E-state index >= 15 is 0 Å². The Morgan fingerprint density at radius 3 is 2.80 bits per heavy atom. The van der Waals surface area contributed by atoms with Gasteiger partial charge in [0.2, 0.25) is 0 Å². The van der Waals surface area contributed by atoms with Gasteiger partial charge in [-0.3, -0.25) is 4.79 Å². The van der Waals surface area contributed by atoms with E-state index in [1.807, 2.05) is 6.92 Å². The second-order valence-corrected chi connectivity index (χ2v) is 5.23. The molecule has 20 heavy (non-hydrogen) atoms. The van der Waals surface area contributed by atoms with Crippen molar-refractivity contribution in [1.82, 2.24) is 10.2 Å². The number of hydrogen-bond donors (Lipinski definition) is 1. The van der Waals surface area contributed by atoms with Crippen LogP contribution in [-0.2, 0) is 9.53 Å². The molecule has 0 saturated carbocycles. The lowest BCUT2D eigenvalue weighted by Gasteiger charge is -2.35. The van der Waals surface area contributed by atoms with Crippen LogP contribution in [0.1, 0.15) is 32.6 Å². The summed E-state index contributed by atoms with van der Waals surface area (Å²) in [5.41, 5.74) is 0. The SMILES string of the molecule is C#CCCCCNC(=O)N1CC[C@@H](C(=O)OC)[C@@H](C)C1. The molecule has 0 unspecified atom stereocenters. The number of likely N-dealkylation sites (tertiary alicyclic amines) is 1. The van der Waals surface area contributed by atoms with E-state index in [1.165, 1.54) is 7.11 Å². The van der Waals surface area contributed by atoms with E-state index in [0.717, 1.165) is 19.3 Å². The lowest BCUT2D eigenvalue weighted by atomic mass is 9.87. The third kappa shape index (κ3) is 4.76. The van der Waals surface area contributed by atoms with Gasteiger partial charge in [-0.15, -0.1) is 12.3 Å². The van der Waals surface area contributed by atoms with Crippen LogP contribution in [0.5, 0.6) is 0 Å². The molecular weight excluding hydrogens is 256 g/mol.